The summed E-state index contributed by atoms with van der Waals surface area (Å²) in [6.45, 7) is 4.14. The van der Waals surface area contributed by atoms with Crippen molar-refractivity contribution in [3.05, 3.63) is 34.2 Å². The molecule has 0 unspecified atom stereocenters. The minimum Gasteiger partial charge on any atom is -0.408 e. The Morgan fingerprint density at radius 2 is 2.11 bits per heavy atom. The molecule has 0 saturated heterocycles. The average Bonchev–Trinajstić information content (AvgIpc) is 2.82. The Balaban J connectivity index is 2.29. The summed E-state index contributed by atoms with van der Waals surface area (Å²) in [4.78, 5) is 3.71. The van der Waals surface area contributed by atoms with E-state index in [9.17, 15) is 0 Å². The zero-order valence-electron chi connectivity index (χ0n) is 10.4. The molecule has 2 aromatic heterocycles. The van der Waals surface area contributed by atoms with Crippen molar-refractivity contribution >= 4 is 23.1 Å². The molecule has 0 spiro atoms. The molecular weight excluding hydrogens is 246 g/mol. The SMILES string of the molecule is Cc1ccc2[nH]c(-c3nn(C)c(=S)o3)c(C)c2c1. The third kappa shape index (κ3) is 1.59. The quantitative estimate of drug-likeness (QED) is 0.680. The molecule has 3 rings (SSSR count). The second-order valence-electron chi connectivity index (χ2n) is 4.47. The Morgan fingerprint density at radius 3 is 2.78 bits per heavy atom. The summed E-state index contributed by atoms with van der Waals surface area (Å²) in [5.41, 5.74) is 4.34. The molecule has 0 saturated carbocycles. The summed E-state index contributed by atoms with van der Waals surface area (Å²) in [7, 11) is 1.78. The molecule has 1 N–H and O–H groups in total. The lowest BCUT2D eigenvalue weighted by Gasteiger charge is -1.93. The standard InChI is InChI=1S/C13H13N3OS/c1-7-4-5-10-9(6-7)8(2)11(14-10)12-15-16(3)13(18)17-12/h4-6,14H,1-3H3. The van der Waals surface area contributed by atoms with Crippen LogP contribution in [0, 0.1) is 18.7 Å². The Labute approximate surface area is 109 Å². The van der Waals surface area contributed by atoms with Crippen molar-refractivity contribution in [3.8, 4) is 11.6 Å². The van der Waals surface area contributed by atoms with Crippen LogP contribution in [0.3, 0.4) is 0 Å². The molecule has 1 aromatic carbocycles. The van der Waals surface area contributed by atoms with E-state index in [1.54, 1.807) is 11.7 Å². The van der Waals surface area contributed by atoms with Gasteiger partial charge >= 0.3 is 0 Å². The number of aromatic amines is 1. The second-order valence-corrected chi connectivity index (χ2v) is 4.82. The predicted octanol–water partition coefficient (Wildman–Crippen LogP) is 3.51. The van der Waals surface area contributed by atoms with Crippen molar-refractivity contribution in [3.63, 3.8) is 0 Å². The van der Waals surface area contributed by atoms with Crippen molar-refractivity contribution in [1.82, 2.24) is 14.8 Å². The molecule has 4 nitrogen and oxygen atoms in total. The van der Waals surface area contributed by atoms with Crippen molar-refractivity contribution in [2.75, 3.05) is 0 Å². The Morgan fingerprint density at radius 1 is 1.33 bits per heavy atom. The van der Waals surface area contributed by atoms with Crippen LogP contribution in [0.25, 0.3) is 22.5 Å². The summed E-state index contributed by atoms with van der Waals surface area (Å²) >= 11 is 5.04. The minimum atomic E-state index is 0.374. The number of nitrogens with one attached hydrogen (secondary N) is 1. The van der Waals surface area contributed by atoms with Crippen molar-refractivity contribution in [2.45, 2.75) is 13.8 Å². The molecule has 0 aliphatic rings. The fourth-order valence-electron chi connectivity index (χ4n) is 2.10. The Kier molecular flexibility index (Phi) is 2.38. The fraction of sp³-hybridized carbons (Fsp3) is 0.231. The first-order valence-electron chi connectivity index (χ1n) is 5.69. The summed E-state index contributed by atoms with van der Waals surface area (Å²) in [5, 5.41) is 5.47. The van der Waals surface area contributed by atoms with Gasteiger partial charge in [-0.1, -0.05) is 11.6 Å². The maximum atomic E-state index is 5.48. The van der Waals surface area contributed by atoms with Gasteiger partial charge in [-0.15, -0.1) is 5.10 Å². The highest BCUT2D eigenvalue weighted by Gasteiger charge is 2.14. The molecule has 0 bridgehead atoms. The lowest BCUT2D eigenvalue weighted by atomic mass is 10.1. The summed E-state index contributed by atoms with van der Waals surface area (Å²) in [6.07, 6.45) is 0. The molecule has 0 atom stereocenters. The number of H-pyrrole nitrogens is 1. The molecule has 0 amide bonds. The van der Waals surface area contributed by atoms with Crippen LogP contribution >= 0.6 is 12.2 Å². The van der Waals surface area contributed by atoms with Gasteiger partial charge in [0.05, 0.1) is 0 Å². The molecule has 5 heteroatoms. The lowest BCUT2D eigenvalue weighted by molar-refractivity contribution is 0.533. The van der Waals surface area contributed by atoms with Gasteiger partial charge in [-0.25, -0.2) is 4.68 Å². The topological polar surface area (TPSA) is 46.8 Å². The lowest BCUT2D eigenvalue weighted by Crippen LogP contribution is -1.90. The minimum absolute atomic E-state index is 0.374. The molecule has 0 fully saturated rings. The van der Waals surface area contributed by atoms with E-state index in [1.807, 2.05) is 0 Å². The number of nitrogens with zero attached hydrogens (tertiary/aromatic N) is 2. The molecule has 0 aliphatic heterocycles. The summed E-state index contributed by atoms with van der Waals surface area (Å²) < 4.78 is 7.03. The number of benzene rings is 1. The largest absolute Gasteiger partial charge is 0.408 e. The van der Waals surface area contributed by atoms with Gasteiger partial charge in [-0.05, 0) is 43.8 Å². The normalized spacial score (nSPS) is 11.3. The van der Waals surface area contributed by atoms with Crippen LogP contribution in [0.2, 0.25) is 0 Å². The predicted molar refractivity (Wildman–Crippen MR) is 73.1 cm³/mol. The molecule has 3 aromatic rings. The van der Waals surface area contributed by atoms with Gasteiger partial charge in [0.15, 0.2) is 0 Å². The van der Waals surface area contributed by atoms with E-state index in [2.05, 4.69) is 42.1 Å². The number of aromatic nitrogens is 3. The highest BCUT2D eigenvalue weighted by Crippen LogP contribution is 2.29. The molecule has 18 heavy (non-hydrogen) atoms. The zero-order chi connectivity index (χ0) is 12.9. The number of rotatable bonds is 1. The van der Waals surface area contributed by atoms with E-state index in [0.29, 0.717) is 10.7 Å². The molecule has 2 heterocycles. The van der Waals surface area contributed by atoms with E-state index >= 15 is 0 Å². The highest BCUT2D eigenvalue weighted by molar-refractivity contribution is 7.71. The van der Waals surface area contributed by atoms with E-state index < -0.39 is 0 Å². The Hall–Kier alpha value is -1.88. The molecular formula is C13H13N3OS. The average molecular weight is 259 g/mol. The van der Waals surface area contributed by atoms with Crippen LogP contribution in [0.1, 0.15) is 11.1 Å². The van der Waals surface area contributed by atoms with Crippen molar-refractivity contribution in [2.24, 2.45) is 7.05 Å². The number of aryl methyl sites for hydroxylation is 3. The van der Waals surface area contributed by atoms with Gasteiger partial charge in [0.1, 0.15) is 5.69 Å². The molecule has 92 valence electrons. The van der Waals surface area contributed by atoms with Crippen LogP contribution in [0.4, 0.5) is 0 Å². The molecule has 0 radical (unpaired) electrons. The van der Waals surface area contributed by atoms with Crippen LogP contribution < -0.4 is 0 Å². The van der Waals surface area contributed by atoms with Crippen molar-refractivity contribution in [1.29, 1.82) is 0 Å². The first kappa shape index (κ1) is 11.2. The highest BCUT2D eigenvalue weighted by atomic mass is 32.1. The number of hydrogen-bond acceptors (Lipinski definition) is 3. The van der Waals surface area contributed by atoms with Crippen LogP contribution in [0.5, 0.6) is 0 Å². The summed E-state index contributed by atoms with van der Waals surface area (Å²) in [5.74, 6) is 0.536. The number of hydrogen-bond donors (Lipinski definition) is 1. The van der Waals surface area contributed by atoms with E-state index in [0.717, 1.165) is 16.8 Å². The van der Waals surface area contributed by atoms with Gasteiger partial charge in [-0.2, -0.15) is 0 Å². The van der Waals surface area contributed by atoms with Gasteiger partial charge < -0.3 is 9.40 Å². The van der Waals surface area contributed by atoms with Gasteiger partial charge in [-0.3, -0.25) is 0 Å². The van der Waals surface area contributed by atoms with E-state index in [1.165, 1.54) is 10.9 Å². The first-order chi connectivity index (χ1) is 8.56. The smallest absolute Gasteiger partial charge is 0.287 e. The van der Waals surface area contributed by atoms with E-state index in [4.69, 9.17) is 16.6 Å². The first-order valence-corrected chi connectivity index (χ1v) is 6.10. The molecule has 0 aliphatic carbocycles. The monoisotopic (exact) mass is 259 g/mol. The van der Waals surface area contributed by atoms with E-state index in [-0.39, 0.29) is 0 Å². The zero-order valence-corrected chi connectivity index (χ0v) is 11.3. The number of fused-ring (bicyclic) bond motifs is 1. The van der Waals surface area contributed by atoms with Gasteiger partial charge in [0, 0.05) is 18.0 Å². The maximum Gasteiger partial charge on any atom is 0.287 e. The van der Waals surface area contributed by atoms with Crippen molar-refractivity contribution < 1.29 is 4.42 Å². The third-order valence-electron chi connectivity index (χ3n) is 3.12. The van der Waals surface area contributed by atoms with Crippen LogP contribution in [-0.4, -0.2) is 14.8 Å². The van der Waals surface area contributed by atoms with Gasteiger partial charge in [0.25, 0.3) is 10.7 Å². The fourth-order valence-corrected chi connectivity index (χ4v) is 2.22. The second kappa shape index (κ2) is 3.81. The summed E-state index contributed by atoms with van der Waals surface area (Å²) in [6, 6.07) is 6.30. The third-order valence-corrected chi connectivity index (χ3v) is 3.46. The maximum absolute atomic E-state index is 5.48. The van der Waals surface area contributed by atoms with Gasteiger partial charge in [0.2, 0.25) is 0 Å². The van der Waals surface area contributed by atoms with Crippen LogP contribution in [0.15, 0.2) is 22.6 Å². The Bertz CT molecular complexity index is 794. The van der Waals surface area contributed by atoms with Crippen LogP contribution in [-0.2, 0) is 7.05 Å².